The summed E-state index contributed by atoms with van der Waals surface area (Å²) in [5.41, 5.74) is 1.71. The molecule has 2 N–H and O–H groups in total. The number of thiocarbonyl (C=S) groups is 1. The van der Waals surface area contributed by atoms with E-state index >= 15 is 0 Å². The van der Waals surface area contributed by atoms with Gasteiger partial charge < -0.3 is 10.6 Å². The number of benzene rings is 1. The molecule has 1 aromatic carbocycles. The third-order valence-corrected chi connectivity index (χ3v) is 4.45. The van der Waals surface area contributed by atoms with Crippen LogP contribution in [0.25, 0.3) is 0 Å². The van der Waals surface area contributed by atoms with Crippen LogP contribution >= 0.6 is 35.4 Å². The van der Waals surface area contributed by atoms with E-state index in [1.165, 1.54) is 0 Å². The van der Waals surface area contributed by atoms with E-state index in [4.69, 9.17) is 35.4 Å². The van der Waals surface area contributed by atoms with Crippen LogP contribution in [0.1, 0.15) is 24.1 Å². The third kappa shape index (κ3) is 2.71. The van der Waals surface area contributed by atoms with E-state index in [2.05, 4.69) is 22.5 Å². The quantitative estimate of drug-likeness (QED) is 0.645. The Kier molecular flexibility index (Phi) is 3.78. The molecule has 108 valence electrons. The first-order valence-electron chi connectivity index (χ1n) is 6.45. The van der Waals surface area contributed by atoms with Gasteiger partial charge in [-0.2, -0.15) is 0 Å². The van der Waals surface area contributed by atoms with Gasteiger partial charge in [0.05, 0.1) is 11.6 Å². The van der Waals surface area contributed by atoms with Crippen LogP contribution in [0.2, 0.25) is 10.2 Å². The molecular formula is C15H13Cl2N3S. The Balaban J connectivity index is 2.04. The predicted molar refractivity (Wildman–Crippen MR) is 89.7 cm³/mol. The molecule has 3 rings (SSSR count). The Hall–Kier alpha value is -1.36. The van der Waals surface area contributed by atoms with Crippen molar-refractivity contribution in [3.05, 3.63) is 63.9 Å². The minimum absolute atomic E-state index is 0.00904. The number of nitrogens with one attached hydrogen (secondary N) is 2. The zero-order chi connectivity index (χ0) is 15.0. The Morgan fingerprint density at radius 1 is 1.14 bits per heavy atom. The molecule has 0 bridgehead atoms. The molecule has 1 aliphatic heterocycles. The number of halogens is 2. The van der Waals surface area contributed by atoms with Crippen LogP contribution in [0, 0.1) is 0 Å². The lowest BCUT2D eigenvalue weighted by Gasteiger charge is -2.31. The Labute approximate surface area is 138 Å². The molecule has 0 saturated carbocycles. The van der Waals surface area contributed by atoms with Gasteiger partial charge in [0, 0.05) is 11.2 Å². The van der Waals surface area contributed by atoms with E-state index in [9.17, 15) is 0 Å². The molecule has 0 amide bonds. The summed E-state index contributed by atoms with van der Waals surface area (Å²) in [6.07, 6.45) is 1.77. The van der Waals surface area contributed by atoms with Gasteiger partial charge in [-0.15, -0.1) is 0 Å². The van der Waals surface area contributed by atoms with Crippen LogP contribution in [0.4, 0.5) is 0 Å². The second-order valence-corrected chi connectivity index (χ2v) is 6.39. The molecule has 1 aliphatic rings. The fraction of sp³-hybridized carbons (Fsp3) is 0.200. The van der Waals surface area contributed by atoms with Crippen LogP contribution in [0.5, 0.6) is 0 Å². The fourth-order valence-corrected chi connectivity index (χ4v) is 3.18. The summed E-state index contributed by atoms with van der Waals surface area (Å²) in [5.74, 6) is 0. The first-order valence-corrected chi connectivity index (χ1v) is 7.61. The van der Waals surface area contributed by atoms with Crippen molar-refractivity contribution in [1.82, 2.24) is 15.6 Å². The summed E-state index contributed by atoms with van der Waals surface area (Å²) < 4.78 is 0. The Bertz CT molecular complexity index is 672. The largest absolute Gasteiger partial charge is 0.353 e. The SMILES string of the molecule is CC1(c2ccc(Cl)nc2)NC(=S)N[C@@H]1c1ccc(Cl)cc1. The number of rotatable bonds is 2. The van der Waals surface area contributed by atoms with Crippen molar-refractivity contribution in [2.24, 2.45) is 0 Å². The summed E-state index contributed by atoms with van der Waals surface area (Å²) in [7, 11) is 0. The van der Waals surface area contributed by atoms with Crippen molar-refractivity contribution in [1.29, 1.82) is 0 Å². The molecule has 0 spiro atoms. The average molecular weight is 338 g/mol. The first-order chi connectivity index (χ1) is 9.99. The maximum atomic E-state index is 5.97. The van der Waals surface area contributed by atoms with Crippen molar-refractivity contribution in [3.63, 3.8) is 0 Å². The van der Waals surface area contributed by atoms with Crippen LogP contribution in [0.15, 0.2) is 42.6 Å². The molecule has 2 heterocycles. The second-order valence-electron chi connectivity index (χ2n) is 5.15. The standard InChI is InChI=1S/C15H13Cl2N3S/c1-15(10-4-7-12(17)18-8-10)13(19-14(21)20-15)9-2-5-11(16)6-3-9/h2-8,13H,1H3,(H2,19,20,21)/t13-,15?/m1/s1. The summed E-state index contributed by atoms with van der Waals surface area (Å²) in [6, 6.07) is 11.5. The number of hydrogen-bond acceptors (Lipinski definition) is 2. The highest BCUT2D eigenvalue weighted by Crippen LogP contribution is 2.38. The smallest absolute Gasteiger partial charge is 0.167 e. The molecule has 2 aromatic rings. The van der Waals surface area contributed by atoms with Crippen LogP contribution in [0.3, 0.4) is 0 Å². The minimum atomic E-state index is -0.400. The highest BCUT2D eigenvalue weighted by Gasteiger charge is 2.43. The highest BCUT2D eigenvalue weighted by atomic mass is 35.5. The van der Waals surface area contributed by atoms with E-state index in [1.54, 1.807) is 12.3 Å². The predicted octanol–water partition coefficient (Wildman–Crippen LogP) is 3.82. The van der Waals surface area contributed by atoms with Gasteiger partial charge in [-0.05, 0) is 48.5 Å². The second kappa shape index (κ2) is 5.44. The van der Waals surface area contributed by atoms with Gasteiger partial charge in [0.15, 0.2) is 5.11 Å². The number of pyridine rings is 1. The van der Waals surface area contributed by atoms with Crippen molar-refractivity contribution >= 4 is 40.5 Å². The molecule has 1 aromatic heterocycles. The molecule has 6 heteroatoms. The van der Waals surface area contributed by atoms with Crippen molar-refractivity contribution in [3.8, 4) is 0 Å². The maximum absolute atomic E-state index is 5.97. The molecule has 0 radical (unpaired) electrons. The number of hydrogen-bond donors (Lipinski definition) is 2. The summed E-state index contributed by atoms with van der Waals surface area (Å²) in [6.45, 7) is 2.09. The maximum Gasteiger partial charge on any atom is 0.167 e. The number of aromatic nitrogens is 1. The summed E-state index contributed by atoms with van der Waals surface area (Å²) in [4.78, 5) is 4.17. The van der Waals surface area contributed by atoms with Gasteiger partial charge in [-0.1, -0.05) is 41.4 Å². The van der Waals surface area contributed by atoms with Crippen molar-refractivity contribution in [2.75, 3.05) is 0 Å². The summed E-state index contributed by atoms with van der Waals surface area (Å²) in [5, 5.41) is 8.44. The molecule has 1 fully saturated rings. The lowest BCUT2D eigenvalue weighted by atomic mass is 9.83. The van der Waals surface area contributed by atoms with Gasteiger partial charge in [0.2, 0.25) is 0 Å². The normalized spacial score (nSPS) is 24.5. The monoisotopic (exact) mass is 337 g/mol. The van der Waals surface area contributed by atoms with E-state index in [-0.39, 0.29) is 6.04 Å². The minimum Gasteiger partial charge on any atom is -0.353 e. The first kappa shape index (κ1) is 14.6. The van der Waals surface area contributed by atoms with Crippen molar-refractivity contribution in [2.45, 2.75) is 18.5 Å². The molecular weight excluding hydrogens is 325 g/mol. The number of nitrogens with zero attached hydrogens (tertiary/aromatic N) is 1. The molecule has 2 atom stereocenters. The molecule has 21 heavy (non-hydrogen) atoms. The topological polar surface area (TPSA) is 37.0 Å². The van der Waals surface area contributed by atoms with Crippen LogP contribution in [-0.2, 0) is 5.54 Å². The van der Waals surface area contributed by atoms with Crippen molar-refractivity contribution < 1.29 is 0 Å². The van der Waals surface area contributed by atoms with E-state index in [0.29, 0.717) is 15.3 Å². The third-order valence-electron chi connectivity index (χ3n) is 3.76. The zero-order valence-electron chi connectivity index (χ0n) is 11.2. The Morgan fingerprint density at radius 3 is 2.48 bits per heavy atom. The fourth-order valence-electron chi connectivity index (χ4n) is 2.61. The molecule has 0 aliphatic carbocycles. The van der Waals surface area contributed by atoms with E-state index in [0.717, 1.165) is 11.1 Å². The molecule has 1 saturated heterocycles. The summed E-state index contributed by atoms with van der Waals surface area (Å²) >= 11 is 17.1. The van der Waals surface area contributed by atoms with Crippen LogP contribution in [-0.4, -0.2) is 10.1 Å². The highest BCUT2D eigenvalue weighted by molar-refractivity contribution is 7.80. The average Bonchev–Trinajstić information content (AvgIpc) is 2.76. The zero-order valence-corrected chi connectivity index (χ0v) is 13.6. The van der Waals surface area contributed by atoms with E-state index < -0.39 is 5.54 Å². The lowest BCUT2D eigenvalue weighted by molar-refractivity contribution is 0.378. The van der Waals surface area contributed by atoms with Gasteiger partial charge in [-0.25, -0.2) is 4.98 Å². The van der Waals surface area contributed by atoms with Gasteiger partial charge >= 0.3 is 0 Å². The van der Waals surface area contributed by atoms with Crippen LogP contribution < -0.4 is 10.6 Å². The van der Waals surface area contributed by atoms with Gasteiger partial charge in [0.1, 0.15) is 5.15 Å². The molecule has 1 unspecified atom stereocenters. The lowest BCUT2D eigenvalue weighted by Crippen LogP contribution is -2.39. The van der Waals surface area contributed by atoms with Gasteiger partial charge in [0.25, 0.3) is 0 Å². The molecule has 3 nitrogen and oxygen atoms in total. The van der Waals surface area contributed by atoms with E-state index in [1.807, 2.05) is 30.3 Å². The van der Waals surface area contributed by atoms with Gasteiger partial charge in [-0.3, -0.25) is 0 Å². The Morgan fingerprint density at radius 2 is 1.86 bits per heavy atom.